The van der Waals surface area contributed by atoms with Gasteiger partial charge in [0.15, 0.2) is 9.84 Å². The topological polar surface area (TPSA) is 153 Å². The maximum absolute atomic E-state index is 12.6. The third kappa shape index (κ3) is 6.63. The number of aromatic nitrogens is 4. The van der Waals surface area contributed by atoms with Crippen LogP contribution in [0.5, 0.6) is 0 Å². The van der Waals surface area contributed by atoms with Gasteiger partial charge in [-0.05, 0) is 57.2 Å². The van der Waals surface area contributed by atoms with Gasteiger partial charge < -0.3 is 16.4 Å². The van der Waals surface area contributed by atoms with E-state index in [1.54, 1.807) is 19.2 Å². The number of anilines is 1. The molecule has 0 saturated heterocycles. The summed E-state index contributed by atoms with van der Waals surface area (Å²) >= 11 is 0. The second kappa shape index (κ2) is 10.2. The van der Waals surface area contributed by atoms with Crippen molar-refractivity contribution in [1.29, 1.82) is 0 Å². The summed E-state index contributed by atoms with van der Waals surface area (Å²) in [7, 11) is -3.50. The van der Waals surface area contributed by atoms with Crippen LogP contribution in [0.1, 0.15) is 35.6 Å². The number of hydrogen-bond donors (Lipinski definition) is 3. The Morgan fingerprint density at radius 2 is 1.78 bits per heavy atom. The highest BCUT2D eigenvalue weighted by Gasteiger charge is 2.16. The molecule has 0 bridgehead atoms. The Bertz CT molecular complexity index is 1580. The summed E-state index contributed by atoms with van der Waals surface area (Å²) in [4.78, 5) is 30.5. The van der Waals surface area contributed by atoms with Crippen LogP contribution in [0, 0.1) is 6.92 Å². The fourth-order valence-electron chi connectivity index (χ4n) is 3.58. The van der Waals surface area contributed by atoms with Crippen LogP contribution in [0.3, 0.4) is 0 Å². The molecule has 4 rings (SSSR count). The number of sulfone groups is 1. The monoisotopic (exact) mass is 519 g/mol. The van der Waals surface area contributed by atoms with Gasteiger partial charge >= 0.3 is 0 Å². The first kappa shape index (κ1) is 26.1. The van der Waals surface area contributed by atoms with E-state index in [1.165, 1.54) is 12.3 Å². The number of hydrogen-bond acceptors (Lipinski definition) is 9. The average molecular weight is 520 g/mol. The molecule has 0 radical (unpaired) electrons. The third-order valence-electron chi connectivity index (χ3n) is 5.50. The Morgan fingerprint density at radius 3 is 2.51 bits per heavy atom. The number of aryl methyl sites for hydroxylation is 1. The smallest absolute Gasteiger partial charge is 0.253 e. The van der Waals surface area contributed by atoms with Crippen molar-refractivity contribution in [2.45, 2.75) is 37.8 Å². The van der Waals surface area contributed by atoms with Crippen molar-refractivity contribution in [2.75, 3.05) is 18.1 Å². The summed E-state index contributed by atoms with van der Waals surface area (Å²) in [6.07, 6.45) is 4.13. The maximum atomic E-state index is 12.6. The standard InChI is InChI=1S/C26H29N7O3S/c1-16-23(37(4,35)36)10-18(13-28-16)25(34)30-14-19-11-22-17(12-29-19)8-9-21(32-22)20-6-5-7-24(33-20)31-15-26(2,3)27/h5-13H,14-15,27H2,1-4H3,(H,30,34)(H,31,33). The first-order chi connectivity index (χ1) is 17.4. The predicted octanol–water partition coefficient (Wildman–Crippen LogP) is 2.88. The molecule has 1 amide bonds. The van der Waals surface area contributed by atoms with Crippen molar-refractivity contribution < 1.29 is 13.2 Å². The summed E-state index contributed by atoms with van der Waals surface area (Å²) in [5.41, 5.74) is 8.89. The molecule has 11 heteroatoms. The molecule has 0 saturated carbocycles. The fourth-order valence-corrected chi connectivity index (χ4v) is 4.51. The zero-order valence-corrected chi connectivity index (χ0v) is 21.9. The van der Waals surface area contributed by atoms with Gasteiger partial charge in [0.1, 0.15) is 5.82 Å². The molecule has 0 aromatic carbocycles. The summed E-state index contributed by atoms with van der Waals surface area (Å²) in [5.74, 6) is 0.260. The van der Waals surface area contributed by atoms with Gasteiger partial charge in [-0.1, -0.05) is 6.07 Å². The third-order valence-corrected chi connectivity index (χ3v) is 6.71. The molecule has 0 unspecified atom stereocenters. The van der Waals surface area contributed by atoms with Crippen LogP contribution in [-0.4, -0.2) is 52.6 Å². The van der Waals surface area contributed by atoms with Crippen molar-refractivity contribution in [3.8, 4) is 11.4 Å². The van der Waals surface area contributed by atoms with E-state index >= 15 is 0 Å². The second-order valence-electron chi connectivity index (χ2n) is 9.58. The first-order valence-electron chi connectivity index (χ1n) is 11.6. The van der Waals surface area contributed by atoms with Crippen LogP contribution in [0.25, 0.3) is 22.3 Å². The van der Waals surface area contributed by atoms with Crippen molar-refractivity contribution in [2.24, 2.45) is 5.73 Å². The quantitative estimate of drug-likeness (QED) is 0.319. The highest BCUT2D eigenvalue weighted by molar-refractivity contribution is 7.90. The predicted molar refractivity (Wildman–Crippen MR) is 143 cm³/mol. The number of nitrogens with two attached hydrogens (primary N) is 1. The van der Waals surface area contributed by atoms with E-state index in [9.17, 15) is 13.2 Å². The highest BCUT2D eigenvalue weighted by Crippen LogP contribution is 2.21. The van der Waals surface area contributed by atoms with Crippen molar-refractivity contribution in [3.05, 3.63) is 71.8 Å². The molecule has 4 aromatic rings. The van der Waals surface area contributed by atoms with Gasteiger partial charge in [-0.15, -0.1) is 0 Å². The number of nitrogens with zero attached hydrogens (tertiary/aromatic N) is 4. The Hall–Kier alpha value is -3.96. The molecule has 4 aromatic heterocycles. The molecule has 37 heavy (non-hydrogen) atoms. The van der Waals surface area contributed by atoms with Gasteiger partial charge in [0, 0.05) is 36.1 Å². The molecule has 0 spiro atoms. The summed E-state index contributed by atoms with van der Waals surface area (Å²) in [6, 6.07) is 12.6. The van der Waals surface area contributed by atoms with Crippen LogP contribution in [0.4, 0.5) is 5.82 Å². The Balaban J connectivity index is 1.51. The lowest BCUT2D eigenvalue weighted by Crippen LogP contribution is -2.39. The Labute approximate surface area is 215 Å². The first-order valence-corrected chi connectivity index (χ1v) is 13.5. The van der Waals surface area contributed by atoms with Crippen molar-refractivity contribution >= 4 is 32.5 Å². The van der Waals surface area contributed by atoms with E-state index in [0.29, 0.717) is 40.7 Å². The number of carbonyl (C=O) groups is 1. The largest absolute Gasteiger partial charge is 0.368 e. The molecule has 0 atom stereocenters. The van der Waals surface area contributed by atoms with Gasteiger partial charge in [-0.2, -0.15) is 0 Å². The molecule has 10 nitrogen and oxygen atoms in total. The van der Waals surface area contributed by atoms with Crippen LogP contribution in [0.15, 0.2) is 59.8 Å². The second-order valence-corrected chi connectivity index (χ2v) is 11.6. The fraction of sp³-hybridized carbons (Fsp3) is 0.269. The number of rotatable bonds is 8. The maximum Gasteiger partial charge on any atom is 0.253 e. The number of fused-ring (bicyclic) bond motifs is 1. The minimum atomic E-state index is -3.50. The number of nitrogens with one attached hydrogen (secondary N) is 2. The van der Waals surface area contributed by atoms with E-state index in [1.807, 2.05) is 44.2 Å². The Kier molecular flexibility index (Phi) is 7.19. The number of carbonyl (C=O) groups excluding carboxylic acids is 1. The molecular formula is C26H29N7O3S. The van der Waals surface area contributed by atoms with Crippen LogP contribution >= 0.6 is 0 Å². The van der Waals surface area contributed by atoms with E-state index in [2.05, 4.69) is 25.6 Å². The summed E-state index contributed by atoms with van der Waals surface area (Å²) in [6.45, 7) is 6.17. The van der Waals surface area contributed by atoms with Crippen LogP contribution < -0.4 is 16.4 Å². The highest BCUT2D eigenvalue weighted by atomic mass is 32.2. The SMILES string of the molecule is Cc1ncc(C(=O)NCc2cc3nc(-c4cccc(NCC(C)(C)N)n4)ccc3cn2)cc1S(C)(=O)=O. The zero-order valence-electron chi connectivity index (χ0n) is 21.1. The van der Waals surface area contributed by atoms with E-state index < -0.39 is 15.7 Å². The van der Waals surface area contributed by atoms with Crippen LogP contribution in [0.2, 0.25) is 0 Å². The molecule has 0 aliphatic carbocycles. The van der Waals surface area contributed by atoms with Gasteiger partial charge in [0.2, 0.25) is 0 Å². The van der Waals surface area contributed by atoms with Crippen LogP contribution in [-0.2, 0) is 16.4 Å². The number of pyridine rings is 4. The molecule has 192 valence electrons. The lowest BCUT2D eigenvalue weighted by Gasteiger charge is -2.19. The molecule has 0 aliphatic rings. The normalized spacial score (nSPS) is 11.9. The molecule has 0 fully saturated rings. The molecule has 0 aliphatic heterocycles. The van der Waals surface area contributed by atoms with Crippen molar-refractivity contribution in [1.82, 2.24) is 25.3 Å². The summed E-state index contributed by atoms with van der Waals surface area (Å²) in [5, 5.41) is 6.85. The van der Waals surface area contributed by atoms with Crippen molar-refractivity contribution in [3.63, 3.8) is 0 Å². The van der Waals surface area contributed by atoms with Gasteiger partial charge in [0.25, 0.3) is 5.91 Å². The minimum absolute atomic E-state index is 0.0281. The zero-order chi connectivity index (χ0) is 26.8. The van der Waals surface area contributed by atoms with E-state index in [0.717, 1.165) is 11.6 Å². The summed E-state index contributed by atoms with van der Waals surface area (Å²) < 4.78 is 23.9. The van der Waals surface area contributed by atoms with Gasteiger partial charge in [-0.3, -0.25) is 14.8 Å². The van der Waals surface area contributed by atoms with E-state index in [-0.39, 0.29) is 22.5 Å². The molecule has 4 heterocycles. The molecular weight excluding hydrogens is 490 g/mol. The van der Waals surface area contributed by atoms with E-state index in [4.69, 9.17) is 10.7 Å². The average Bonchev–Trinajstić information content (AvgIpc) is 2.85. The molecule has 4 N–H and O–H groups in total. The Morgan fingerprint density at radius 1 is 1.03 bits per heavy atom. The number of amides is 1. The lowest BCUT2D eigenvalue weighted by atomic mass is 10.1. The lowest BCUT2D eigenvalue weighted by molar-refractivity contribution is 0.0950. The minimum Gasteiger partial charge on any atom is -0.368 e. The van der Waals surface area contributed by atoms with Gasteiger partial charge in [-0.25, -0.2) is 18.4 Å². The van der Waals surface area contributed by atoms with Gasteiger partial charge in [0.05, 0.1) is 45.3 Å².